The Morgan fingerprint density at radius 2 is 1.68 bits per heavy atom. The Hall–Kier alpha value is -3.31. The molecule has 5 rings (SSSR count). The molecule has 1 fully saturated rings. The van der Waals surface area contributed by atoms with Crippen LogP contribution in [0.4, 0.5) is 29.3 Å². The lowest BCUT2D eigenvalue weighted by Crippen LogP contribution is -2.20. The second-order valence-electron chi connectivity index (χ2n) is 9.10. The van der Waals surface area contributed by atoms with Gasteiger partial charge in [0.1, 0.15) is 15.8 Å². The van der Waals surface area contributed by atoms with E-state index in [1.165, 1.54) is 0 Å². The van der Waals surface area contributed by atoms with E-state index in [1.54, 1.807) is 34.8 Å². The molecule has 1 aliphatic rings. The minimum absolute atomic E-state index is 0.385. The number of hydrogen-bond donors (Lipinski definition) is 2. The Morgan fingerprint density at radius 1 is 0.946 bits per heavy atom. The number of nitrogens with zero attached hydrogens (tertiary/aromatic N) is 3. The maximum Gasteiger partial charge on any atom is 0.323 e. The van der Waals surface area contributed by atoms with E-state index in [0.29, 0.717) is 29.7 Å². The van der Waals surface area contributed by atoms with Crippen LogP contribution < -0.4 is 10.6 Å². The summed E-state index contributed by atoms with van der Waals surface area (Å²) in [6.07, 6.45) is 7.45. The Morgan fingerprint density at radius 3 is 2.38 bits per heavy atom. The summed E-state index contributed by atoms with van der Waals surface area (Å²) in [6.45, 7) is 1.99. The Balaban J connectivity index is 1.15. The summed E-state index contributed by atoms with van der Waals surface area (Å²) in [6, 6.07) is 7.38. The molecule has 6 nitrogen and oxygen atoms in total. The van der Waals surface area contributed by atoms with Crippen LogP contribution in [0.25, 0.3) is 10.4 Å². The molecule has 0 radical (unpaired) electrons. The largest absolute Gasteiger partial charge is 0.323 e. The number of hydrogen-bond acceptors (Lipinski definition) is 6. The van der Waals surface area contributed by atoms with Gasteiger partial charge in [-0.05, 0) is 56.2 Å². The number of anilines is 2. The SMILES string of the molecule is Cc1nnc(CC2CCC(c3ncc(-c4ccc(NC(=O)Nc5cc(F)c(F)cc5F)cc4)s3)CC2)s1. The van der Waals surface area contributed by atoms with Crippen molar-refractivity contribution in [3.8, 4) is 10.4 Å². The molecule has 2 aromatic carbocycles. The molecule has 0 saturated heterocycles. The summed E-state index contributed by atoms with van der Waals surface area (Å²) in [5.41, 5.74) is 0.995. The fourth-order valence-corrected chi connectivity index (χ4v) is 6.43. The molecule has 37 heavy (non-hydrogen) atoms. The van der Waals surface area contributed by atoms with Crippen molar-refractivity contribution in [3.63, 3.8) is 0 Å². The zero-order valence-electron chi connectivity index (χ0n) is 19.9. The second-order valence-corrected chi connectivity index (χ2v) is 11.4. The van der Waals surface area contributed by atoms with Crippen LogP contribution in [0.3, 0.4) is 0 Å². The van der Waals surface area contributed by atoms with E-state index in [0.717, 1.165) is 57.6 Å². The van der Waals surface area contributed by atoms with Gasteiger partial charge in [0.2, 0.25) is 0 Å². The van der Waals surface area contributed by atoms with Crippen molar-refractivity contribution in [1.29, 1.82) is 0 Å². The molecule has 0 bridgehead atoms. The van der Waals surface area contributed by atoms with Crippen LogP contribution in [0.2, 0.25) is 0 Å². The van der Waals surface area contributed by atoms with Crippen LogP contribution in [0.1, 0.15) is 46.6 Å². The number of aromatic nitrogens is 3. The zero-order valence-corrected chi connectivity index (χ0v) is 21.6. The van der Waals surface area contributed by atoms with Gasteiger partial charge in [-0.15, -0.1) is 32.9 Å². The van der Waals surface area contributed by atoms with Crippen molar-refractivity contribution >= 4 is 40.1 Å². The van der Waals surface area contributed by atoms with Gasteiger partial charge in [0, 0.05) is 36.4 Å². The molecule has 2 amide bonds. The summed E-state index contributed by atoms with van der Waals surface area (Å²) in [5.74, 6) is -2.52. The van der Waals surface area contributed by atoms with E-state index >= 15 is 0 Å². The highest BCUT2D eigenvalue weighted by Crippen LogP contribution is 2.40. The van der Waals surface area contributed by atoms with Crippen LogP contribution in [0, 0.1) is 30.3 Å². The number of carbonyl (C=O) groups is 1. The van der Waals surface area contributed by atoms with E-state index in [4.69, 9.17) is 4.98 Å². The molecule has 0 atom stereocenters. The van der Waals surface area contributed by atoms with Crippen LogP contribution in [-0.2, 0) is 6.42 Å². The first-order chi connectivity index (χ1) is 17.8. The topological polar surface area (TPSA) is 79.8 Å². The maximum atomic E-state index is 13.8. The third kappa shape index (κ3) is 6.16. The molecule has 192 valence electrons. The lowest BCUT2D eigenvalue weighted by atomic mass is 9.81. The fraction of sp³-hybridized carbons (Fsp3) is 0.308. The van der Waals surface area contributed by atoms with Gasteiger partial charge in [0.25, 0.3) is 0 Å². The predicted octanol–water partition coefficient (Wildman–Crippen LogP) is 7.55. The minimum Gasteiger partial charge on any atom is -0.308 e. The molecule has 4 aromatic rings. The number of halogens is 3. The lowest BCUT2D eigenvalue weighted by molar-refractivity contribution is 0.262. The summed E-state index contributed by atoms with van der Waals surface area (Å²) in [7, 11) is 0. The summed E-state index contributed by atoms with van der Waals surface area (Å²) < 4.78 is 40.2. The molecular formula is C26H24F3N5OS2. The van der Waals surface area contributed by atoms with Crippen LogP contribution in [0.15, 0.2) is 42.6 Å². The number of thiazole rings is 1. The van der Waals surface area contributed by atoms with Gasteiger partial charge in [-0.25, -0.2) is 22.9 Å². The highest BCUT2D eigenvalue weighted by Gasteiger charge is 2.25. The van der Waals surface area contributed by atoms with E-state index in [1.807, 2.05) is 25.3 Å². The van der Waals surface area contributed by atoms with Crippen LogP contribution in [0.5, 0.6) is 0 Å². The predicted molar refractivity (Wildman–Crippen MR) is 140 cm³/mol. The summed E-state index contributed by atoms with van der Waals surface area (Å²) in [4.78, 5) is 17.9. The van der Waals surface area contributed by atoms with Crippen molar-refractivity contribution < 1.29 is 18.0 Å². The third-order valence-corrected chi connectivity index (χ3v) is 8.51. The molecule has 0 spiro atoms. The standard InChI is InChI=1S/C26H24F3N5OS2/c1-14-33-34-24(36-14)10-15-2-4-17(5-3-15)25-30-13-23(37-25)16-6-8-18(9-7-16)31-26(35)32-22-12-20(28)19(27)11-21(22)29/h6-9,11-13,15,17H,2-5,10H2,1H3,(H2,31,32,35). The molecule has 1 aliphatic carbocycles. The van der Waals surface area contributed by atoms with Crippen LogP contribution in [-0.4, -0.2) is 21.2 Å². The van der Waals surface area contributed by atoms with Crippen molar-refractivity contribution in [2.75, 3.05) is 10.6 Å². The summed E-state index contributed by atoms with van der Waals surface area (Å²) in [5, 5.41) is 16.4. The minimum atomic E-state index is -1.32. The highest BCUT2D eigenvalue weighted by atomic mass is 32.1. The van der Waals surface area contributed by atoms with Crippen molar-refractivity contribution in [2.24, 2.45) is 5.92 Å². The summed E-state index contributed by atoms with van der Waals surface area (Å²) >= 11 is 3.37. The number of nitrogens with one attached hydrogen (secondary N) is 2. The first kappa shape index (κ1) is 25.3. The van der Waals surface area contributed by atoms with Gasteiger partial charge < -0.3 is 10.6 Å². The molecule has 1 saturated carbocycles. The number of aryl methyl sites for hydroxylation is 1. The normalized spacial score (nSPS) is 17.5. The number of urea groups is 1. The van der Waals surface area contributed by atoms with Gasteiger partial charge in [-0.1, -0.05) is 12.1 Å². The zero-order chi connectivity index (χ0) is 25.9. The quantitative estimate of drug-likeness (QED) is 0.246. The molecule has 11 heteroatoms. The molecule has 2 aromatic heterocycles. The van der Waals surface area contributed by atoms with E-state index < -0.39 is 29.2 Å². The highest BCUT2D eigenvalue weighted by molar-refractivity contribution is 7.15. The van der Waals surface area contributed by atoms with E-state index in [9.17, 15) is 18.0 Å². The molecule has 2 heterocycles. The molecule has 0 unspecified atom stereocenters. The van der Waals surface area contributed by atoms with Gasteiger partial charge in [-0.3, -0.25) is 0 Å². The molecule has 0 aliphatic heterocycles. The first-order valence-corrected chi connectivity index (χ1v) is 13.5. The maximum absolute atomic E-state index is 13.8. The molecule has 2 N–H and O–H groups in total. The van der Waals surface area contributed by atoms with Gasteiger partial charge in [0.05, 0.1) is 15.6 Å². The fourth-order valence-electron chi connectivity index (χ4n) is 4.51. The van der Waals surface area contributed by atoms with Gasteiger partial charge in [-0.2, -0.15) is 0 Å². The first-order valence-electron chi connectivity index (χ1n) is 11.9. The average Bonchev–Trinajstić information content (AvgIpc) is 3.53. The number of rotatable bonds is 6. The van der Waals surface area contributed by atoms with E-state index in [2.05, 4.69) is 20.8 Å². The number of amides is 2. The van der Waals surface area contributed by atoms with Gasteiger partial charge >= 0.3 is 6.03 Å². The lowest BCUT2D eigenvalue weighted by Gasteiger charge is -2.26. The Labute approximate surface area is 220 Å². The Bertz CT molecular complexity index is 1400. The van der Waals surface area contributed by atoms with Gasteiger partial charge in [0.15, 0.2) is 11.6 Å². The smallest absolute Gasteiger partial charge is 0.308 e. The van der Waals surface area contributed by atoms with Crippen LogP contribution >= 0.6 is 22.7 Å². The third-order valence-electron chi connectivity index (χ3n) is 6.44. The van der Waals surface area contributed by atoms with E-state index in [-0.39, 0.29) is 0 Å². The number of benzene rings is 2. The van der Waals surface area contributed by atoms with Crippen molar-refractivity contribution in [1.82, 2.24) is 15.2 Å². The Kier molecular flexibility index (Phi) is 7.52. The van der Waals surface area contributed by atoms with Crippen molar-refractivity contribution in [2.45, 2.75) is 44.9 Å². The second kappa shape index (κ2) is 11.0. The number of carbonyl (C=O) groups excluding carboxylic acids is 1. The average molecular weight is 544 g/mol. The monoisotopic (exact) mass is 543 g/mol. The van der Waals surface area contributed by atoms with Crippen molar-refractivity contribution in [3.05, 3.63) is 75.1 Å². The molecular weight excluding hydrogens is 519 g/mol.